The van der Waals surface area contributed by atoms with Gasteiger partial charge in [0.05, 0.1) is 17.9 Å². The number of H-pyrrole nitrogens is 1. The van der Waals surface area contributed by atoms with E-state index in [-0.39, 0.29) is 11.9 Å². The highest BCUT2D eigenvalue weighted by Crippen LogP contribution is 2.37. The lowest BCUT2D eigenvalue weighted by molar-refractivity contribution is -0.123. The number of rotatable bonds is 4. The van der Waals surface area contributed by atoms with E-state index in [1.54, 1.807) is 0 Å². The Kier molecular flexibility index (Phi) is 4.86. The molecular formula is C21H27N3O. The average molecular weight is 337 g/mol. The molecule has 1 amide bonds. The number of amides is 1. The Bertz CT molecular complexity index is 701. The second-order valence-corrected chi connectivity index (χ2v) is 7.65. The van der Waals surface area contributed by atoms with Gasteiger partial charge in [-0.1, -0.05) is 30.3 Å². The van der Waals surface area contributed by atoms with Gasteiger partial charge in [0.2, 0.25) is 5.91 Å². The van der Waals surface area contributed by atoms with E-state index >= 15 is 0 Å². The summed E-state index contributed by atoms with van der Waals surface area (Å²) in [6.45, 7) is 0. The molecule has 0 radical (unpaired) electrons. The summed E-state index contributed by atoms with van der Waals surface area (Å²) in [5, 5.41) is 10.5. The summed E-state index contributed by atoms with van der Waals surface area (Å²) in [6.07, 6.45) is 10.5. The van der Waals surface area contributed by atoms with Crippen molar-refractivity contribution >= 4 is 5.91 Å². The van der Waals surface area contributed by atoms with Crippen molar-refractivity contribution in [2.75, 3.05) is 0 Å². The van der Waals surface area contributed by atoms with Gasteiger partial charge in [0.1, 0.15) is 0 Å². The fraction of sp³-hybridized carbons (Fsp3) is 0.524. The van der Waals surface area contributed by atoms with Gasteiger partial charge in [0.25, 0.3) is 0 Å². The highest BCUT2D eigenvalue weighted by atomic mass is 16.1. The third kappa shape index (κ3) is 3.78. The zero-order valence-electron chi connectivity index (χ0n) is 14.7. The van der Waals surface area contributed by atoms with Crippen LogP contribution in [0.15, 0.2) is 36.5 Å². The minimum atomic E-state index is 0.124. The van der Waals surface area contributed by atoms with E-state index in [2.05, 4.69) is 45.8 Å². The van der Waals surface area contributed by atoms with Crippen molar-refractivity contribution < 1.29 is 4.79 Å². The number of nitrogens with one attached hydrogen (secondary N) is 2. The molecule has 1 fully saturated rings. The van der Waals surface area contributed by atoms with Crippen LogP contribution in [0.5, 0.6) is 0 Å². The van der Waals surface area contributed by atoms with Gasteiger partial charge in [-0.05, 0) is 67.9 Å². The number of carbonyl (C=O) groups is 1. The Morgan fingerprint density at radius 1 is 1.12 bits per heavy atom. The Balaban J connectivity index is 1.27. The summed E-state index contributed by atoms with van der Waals surface area (Å²) in [5.74, 6) is 1.41. The van der Waals surface area contributed by atoms with Crippen LogP contribution < -0.4 is 5.32 Å². The quantitative estimate of drug-likeness (QED) is 0.875. The molecule has 4 rings (SSSR count). The van der Waals surface area contributed by atoms with Gasteiger partial charge < -0.3 is 5.32 Å². The number of aryl methyl sites for hydroxylation is 1. The first-order chi connectivity index (χ1) is 12.3. The minimum absolute atomic E-state index is 0.124. The highest BCUT2D eigenvalue weighted by molar-refractivity contribution is 5.76. The zero-order valence-corrected chi connectivity index (χ0v) is 14.7. The molecule has 1 aromatic carbocycles. The molecule has 0 aliphatic heterocycles. The van der Waals surface area contributed by atoms with Gasteiger partial charge in [-0.15, -0.1) is 0 Å². The lowest BCUT2D eigenvalue weighted by atomic mass is 9.77. The van der Waals surface area contributed by atoms with Gasteiger partial charge >= 0.3 is 0 Å². The van der Waals surface area contributed by atoms with Crippen LogP contribution >= 0.6 is 0 Å². The summed E-state index contributed by atoms with van der Waals surface area (Å²) >= 11 is 0. The van der Waals surface area contributed by atoms with Crippen LogP contribution in [-0.4, -0.2) is 16.1 Å². The Hall–Kier alpha value is -2.10. The number of nitrogens with zero attached hydrogens (tertiary/aromatic N) is 1. The molecular weight excluding hydrogens is 310 g/mol. The van der Waals surface area contributed by atoms with Crippen LogP contribution in [0, 0.1) is 5.92 Å². The molecule has 2 aliphatic rings. The summed E-state index contributed by atoms with van der Waals surface area (Å²) < 4.78 is 0. The third-order valence-electron chi connectivity index (χ3n) is 5.97. The number of carbonyl (C=O) groups excluding carboxylic acids is 1. The first-order valence-electron chi connectivity index (χ1n) is 9.66. The van der Waals surface area contributed by atoms with E-state index < -0.39 is 0 Å². The summed E-state index contributed by atoms with van der Waals surface area (Å²) in [7, 11) is 0. The van der Waals surface area contributed by atoms with Crippen molar-refractivity contribution in [1.29, 1.82) is 0 Å². The third-order valence-corrected chi connectivity index (χ3v) is 5.97. The number of aromatic nitrogens is 2. The molecule has 1 saturated carbocycles. The van der Waals surface area contributed by atoms with Crippen molar-refractivity contribution in [3.63, 3.8) is 0 Å². The molecule has 0 spiro atoms. The van der Waals surface area contributed by atoms with Crippen LogP contribution in [0.1, 0.15) is 73.7 Å². The van der Waals surface area contributed by atoms with Crippen molar-refractivity contribution in [1.82, 2.24) is 15.5 Å². The molecule has 25 heavy (non-hydrogen) atoms. The van der Waals surface area contributed by atoms with Gasteiger partial charge in [0, 0.05) is 6.42 Å². The van der Waals surface area contributed by atoms with Gasteiger partial charge in [0.15, 0.2) is 0 Å². The van der Waals surface area contributed by atoms with Crippen LogP contribution in [0.25, 0.3) is 0 Å². The molecule has 1 aromatic heterocycles. The zero-order chi connectivity index (χ0) is 17.1. The highest BCUT2D eigenvalue weighted by Gasteiger charge is 2.27. The largest absolute Gasteiger partial charge is 0.348 e. The summed E-state index contributed by atoms with van der Waals surface area (Å²) in [4.78, 5) is 12.5. The summed E-state index contributed by atoms with van der Waals surface area (Å²) in [6, 6.07) is 10.9. The van der Waals surface area contributed by atoms with Crippen LogP contribution in [0.3, 0.4) is 0 Å². The van der Waals surface area contributed by atoms with Crippen LogP contribution in [0.2, 0.25) is 0 Å². The van der Waals surface area contributed by atoms with Crippen LogP contribution in [-0.2, 0) is 11.2 Å². The molecule has 1 heterocycles. The SMILES string of the molecule is O=C(CC1CCC(c2ccccc2)CC1)NC1CCCc2cn[nH]c21. The second-order valence-electron chi connectivity index (χ2n) is 7.65. The molecule has 1 unspecified atom stereocenters. The number of fused-ring (bicyclic) bond motifs is 1. The lowest BCUT2D eigenvalue weighted by Crippen LogP contribution is -2.32. The topological polar surface area (TPSA) is 57.8 Å². The predicted molar refractivity (Wildman–Crippen MR) is 98.2 cm³/mol. The molecule has 132 valence electrons. The standard InChI is InChI=1S/C21H27N3O/c25-20(23-19-8-4-7-18-14-22-24-21(18)19)13-15-9-11-17(12-10-15)16-5-2-1-3-6-16/h1-3,5-6,14-15,17,19H,4,7-13H2,(H,22,24)(H,23,25). The molecule has 0 bridgehead atoms. The predicted octanol–water partition coefficient (Wildman–Crippen LogP) is 4.27. The van der Waals surface area contributed by atoms with Gasteiger partial charge in [-0.3, -0.25) is 9.89 Å². The van der Waals surface area contributed by atoms with E-state index in [1.807, 2.05) is 6.20 Å². The maximum absolute atomic E-state index is 12.5. The molecule has 4 nitrogen and oxygen atoms in total. The molecule has 2 aliphatic carbocycles. The van der Waals surface area contributed by atoms with E-state index in [9.17, 15) is 4.79 Å². The van der Waals surface area contributed by atoms with Crippen molar-refractivity contribution in [2.24, 2.45) is 5.92 Å². The van der Waals surface area contributed by atoms with E-state index in [1.165, 1.54) is 24.0 Å². The van der Waals surface area contributed by atoms with Crippen LogP contribution in [0.4, 0.5) is 0 Å². The van der Waals surface area contributed by atoms with E-state index in [0.29, 0.717) is 18.3 Å². The summed E-state index contributed by atoms with van der Waals surface area (Å²) in [5.41, 5.74) is 3.84. The van der Waals surface area contributed by atoms with Gasteiger partial charge in [-0.2, -0.15) is 5.10 Å². The first kappa shape index (κ1) is 16.4. The smallest absolute Gasteiger partial charge is 0.220 e. The molecule has 1 atom stereocenters. The van der Waals surface area contributed by atoms with E-state index in [4.69, 9.17) is 0 Å². The normalized spacial score (nSPS) is 26.0. The number of aromatic amines is 1. The lowest BCUT2D eigenvalue weighted by Gasteiger charge is -2.29. The van der Waals surface area contributed by atoms with Crippen molar-refractivity contribution in [3.05, 3.63) is 53.3 Å². The monoisotopic (exact) mass is 337 g/mol. The van der Waals surface area contributed by atoms with E-state index in [0.717, 1.165) is 37.8 Å². The fourth-order valence-electron chi connectivity index (χ4n) is 4.55. The number of hydrogen-bond donors (Lipinski definition) is 2. The molecule has 4 heteroatoms. The first-order valence-corrected chi connectivity index (χ1v) is 9.66. The van der Waals surface area contributed by atoms with Gasteiger partial charge in [-0.25, -0.2) is 0 Å². The van der Waals surface area contributed by atoms with Crippen molar-refractivity contribution in [3.8, 4) is 0 Å². The fourth-order valence-corrected chi connectivity index (χ4v) is 4.55. The molecule has 2 N–H and O–H groups in total. The number of hydrogen-bond acceptors (Lipinski definition) is 2. The minimum Gasteiger partial charge on any atom is -0.348 e. The Morgan fingerprint density at radius 3 is 2.72 bits per heavy atom. The molecule has 2 aromatic rings. The molecule has 0 saturated heterocycles. The van der Waals surface area contributed by atoms with Crippen molar-refractivity contribution in [2.45, 2.75) is 63.3 Å². The number of benzene rings is 1. The Labute approximate surface area is 149 Å². The Morgan fingerprint density at radius 2 is 1.92 bits per heavy atom. The second kappa shape index (κ2) is 7.42. The maximum Gasteiger partial charge on any atom is 0.220 e. The maximum atomic E-state index is 12.5. The average Bonchev–Trinajstić information content (AvgIpc) is 3.13.